The minimum atomic E-state index is -0.621. The molecule has 0 fully saturated rings. The van der Waals surface area contributed by atoms with Crippen LogP contribution in [0.4, 0.5) is 5.82 Å². The highest BCUT2D eigenvalue weighted by molar-refractivity contribution is 5.90. The quantitative estimate of drug-likeness (QED) is 0.292. The Balaban J connectivity index is 0.00000288. The maximum Gasteiger partial charge on any atom is 0.267 e. The molecular weight excluding hydrogens is 332 g/mol. The van der Waals surface area contributed by atoms with Crippen LogP contribution in [0.5, 0.6) is 0 Å². The molecule has 0 saturated carbocycles. The first-order chi connectivity index (χ1) is 11.3. The van der Waals surface area contributed by atoms with Gasteiger partial charge in [-0.3, -0.25) is 15.0 Å². The molecule has 0 bridgehead atoms. The Bertz CT molecular complexity index is 636. The average Bonchev–Trinajstić information content (AvgIpc) is 2.61. The van der Waals surface area contributed by atoms with Crippen molar-refractivity contribution in [1.29, 1.82) is 0 Å². The van der Waals surface area contributed by atoms with Gasteiger partial charge in [0.05, 0.1) is 31.3 Å². The van der Waals surface area contributed by atoms with E-state index in [1.54, 1.807) is 6.20 Å². The smallest absolute Gasteiger partial charge is 0.267 e. The molecule has 0 aliphatic heterocycles. The van der Waals surface area contributed by atoms with Gasteiger partial charge in [-0.05, 0) is 11.6 Å². The Labute approximate surface area is 146 Å². The van der Waals surface area contributed by atoms with E-state index < -0.39 is 5.91 Å². The highest BCUT2D eigenvalue weighted by Crippen LogP contribution is 2.03. The number of benzene rings is 1. The number of nitrogens with one attached hydrogen (secondary N) is 2. The number of hydrogen-bond acceptors (Lipinski definition) is 6. The summed E-state index contributed by atoms with van der Waals surface area (Å²) < 4.78 is 5.55. The first-order valence-electron chi connectivity index (χ1n) is 7.07. The molecule has 0 aliphatic rings. The van der Waals surface area contributed by atoms with Crippen LogP contribution in [0.3, 0.4) is 0 Å². The number of anilines is 1. The molecule has 0 saturated heterocycles. The molecule has 3 N–H and O–H groups in total. The van der Waals surface area contributed by atoms with Crippen LogP contribution in [0, 0.1) is 0 Å². The molecule has 2 rings (SSSR count). The van der Waals surface area contributed by atoms with Crippen molar-refractivity contribution in [2.75, 3.05) is 18.5 Å². The van der Waals surface area contributed by atoms with Crippen LogP contribution in [0.25, 0.3) is 6.08 Å². The number of aromatic nitrogens is 2. The first-order valence-corrected chi connectivity index (χ1v) is 7.07. The van der Waals surface area contributed by atoms with E-state index in [-0.39, 0.29) is 12.4 Å². The van der Waals surface area contributed by atoms with Crippen LogP contribution in [0.2, 0.25) is 0 Å². The second-order valence-electron chi connectivity index (χ2n) is 4.60. The van der Waals surface area contributed by atoms with Gasteiger partial charge in [0, 0.05) is 12.6 Å². The van der Waals surface area contributed by atoms with Gasteiger partial charge in [0.2, 0.25) is 0 Å². The van der Waals surface area contributed by atoms with Gasteiger partial charge in [0.1, 0.15) is 5.82 Å². The van der Waals surface area contributed by atoms with Crippen LogP contribution in [-0.2, 0) is 16.1 Å². The molecule has 0 radical (unpaired) electrons. The SMILES string of the molecule is Cl.O=C(/C=C/c1cnc(NCCOCc2ccccc2)cn1)NO. The van der Waals surface area contributed by atoms with Crippen LogP contribution >= 0.6 is 12.4 Å². The Hall–Kier alpha value is -2.48. The molecule has 0 unspecified atom stereocenters. The number of carbonyl (C=O) groups is 1. The van der Waals surface area contributed by atoms with Gasteiger partial charge in [-0.25, -0.2) is 10.5 Å². The fourth-order valence-corrected chi connectivity index (χ4v) is 1.73. The number of amides is 1. The second-order valence-corrected chi connectivity index (χ2v) is 4.60. The van der Waals surface area contributed by atoms with Gasteiger partial charge in [-0.2, -0.15) is 0 Å². The summed E-state index contributed by atoms with van der Waals surface area (Å²) >= 11 is 0. The van der Waals surface area contributed by atoms with Crippen molar-refractivity contribution in [3.8, 4) is 0 Å². The van der Waals surface area contributed by atoms with E-state index in [4.69, 9.17) is 9.94 Å². The second kappa shape index (κ2) is 11.1. The van der Waals surface area contributed by atoms with Crippen molar-refractivity contribution < 1.29 is 14.7 Å². The fourth-order valence-electron chi connectivity index (χ4n) is 1.73. The lowest BCUT2D eigenvalue weighted by atomic mass is 10.2. The van der Waals surface area contributed by atoms with Crippen molar-refractivity contribution in [1.82, 2.24) is 15.4 Å². The van der Waals surface area contributed by atoms with Crippen LogP contribution in [-0.4, -0.2) is 34.2 Å². The van der Waals surface area contributed by atoms with Gasteiger partial charge in [0.15, 0.2) is 0 Å². The lowest BCUT2D eigenvalue weighted by Gasteiger charge is -2.06. The van der Waals surface area contributed by atoms with Gasteiger partial charge in [-0.15, -0.1) is 12.4 Å². The average molecular weight is 351 g/mol. The lowest BCUT2D eigenvalue weighted by Crippen LogP contribution is -2.14. The normalized spacial score (nSPS) is 10.2. The summed E-state index contributed by atoms with van der Waals surface area (Å²) in [7, 11) is 0. The molecule has 1 aromatic carbocycles. The lowest BCUT2D eigenvalue weighted by molar-refractivity contribution is -0.124. The molecule has 1 amide bonds. The Kier molecular flexibility index (Phi) is 9.06. The number of carbonyl (C=O) groups excluding carboxylic acids is 1. The van der Waals surface area contributed by atoms with E-state index in [0.29, 0.717) is 31.3 Å². The predicted octanol–water partition coefficient (Wildman–Crippen LogP) is 2.05. The molecule has 0 aliphatic carbocycles. The molecule has 2 aromatic rings. The highest BCUT2D eigenvalue weighted by Gasteiger charge is 1.97. The largest absolute Gasteiger partial charge is 0.375 e. The van der Waals surface area contributed by atoms with Crippen molar-refractivity contribution in [3.05, 3.63) is 60.1 Å². The highest BCUT2D eigenvalue weighted by atomic mass is 35.5. The number of hydroxylamine groups is 1. The standard InChI is InChI=1S/C16H18N4O3.ClH/c21-16(20-22)7-6-14-10-19-15(11-18-14)17-8-9-23-12-13-4-2-1-3-5-13;/h1-7,10-11,22H,8-9,12H2,(H,17,19)(H,20,21);1H/b7-6+;. The van der Waals surface area contributed by atoms with Gasteiger partial charge >= 0.3 is 0 Å². The van der Waals surface area contributed by atoms with Gasteiger partial charge < -0.3 is 10.1 Å². The molecule has 128 valence electrons. The summed E-state index contributed by atoms with van der Waals surface area (Å²) in [5.74, 6) is 0.00152. The third-order valence-electron chi connectivity index (χ3n) is 2.85. The summed E-state index contributed by atoms with van der Waals surface area (Å²) in [4.78, 5) is 19.1. The molecule has 7 nitrogen and oxygen atoms in total. The molecule has 1 aromatic heterocycles. The number of ether oxygens (including phenoxy) is 1. The molecule has 8 heteroatoms. The van der Waals surface area contributed by atoms with Crippen molar-refractivity contribution in [2.24, 2.45) is 0 Å². The third kappa shape index (κ3) is 7.19. The number of rotatable bonds is 8. The summed E-state index contributed by atoms with van der Waals surface area (Å²) in [6.45, 7) is 1.74. The summed E-state index contributed by atoms with van der Waals surface area (Å²) in [5, 5.41) is 11.5. The minimum Gasteiger partial charge on any atom is -0.375 e. The Morgan fingerprint density at radius 1 is 1.21 bits per heavy atom. The van der Waals surface area contributed by atoms with Crippen molar-refractivity contribution in [3.63, 3.8) is 0 Å². The number of hydrogen-bond donors (Lipinski definition) is 3. The van der Waals surface area contributed by atoms with E-state index in [1.165, 1.54) is 17.8 Å². The van der Waals surface area contributed by atoms with E-state index in [1.807, 2.05) is 30.3 Å². The zero-order valence-corrected chi connectivity index (χ0v) is 13.7. The van der Waals surface area contributed by atoms with E-state index in [9.17, 15) is 4.79 Å². The van der Waals surface area contributed by atoms with Crippen LogP contribution in [0.15, 0.2) is 48.8 Å². The summed E-state index contributed by atoms with van der Waals surface area (Å²) in [6, 6.07) is 9.96. The zero-order chi connectivity index (χ0) is 16.3. The van der Waals surface area contributed by atoms with Gasteiger partial charge in [0.25, 0.3) is 5.91 Å². The molecule has 0 atom stereocenters. The fraction of sp³-hybridized carbons (Fsp3) is 0.188. The predicted molar refractivity (Wildman–Crippen MR) is 92.8 cm³/mol. The maximum atomic E-state index is 10.8. The number of halogens is 1. The maximum absolute atomic E-state index is 10.8. The van der Waals surface area contributed by atoms with Gasteiger partial charge in [-0.1, -0.05) is 30.3 Å². The van der Waals surface area contributed by atoms with E-state index in [0.717, 1.165) is 11.6 Å². The van der Waals surface area contributed by atoms with Crippen LogP contribution in [0.1, 0.15) is 11.3 Å². The summed E-state index contributed by atoms with van der Waals surface area (Å²) in [6.07, 6.45) is 5.70. The zero-order valence-electron chi connectivity index (χ0n) is 12.9. The molecular formula is C16H19ClN4O3. The van der Waals surface area contributed by atoms with E-state index >= 15 is 0 Å². The Morgan fingerprint density at radius 3 is 2.67 bits per heavy atom. The summed E-state index contributed by atoms with van der Waals surface area (Å²) in [5.41, 5.74) is 3.15. The third-order valence-corrected chi connectivity index (χ3v) is 2.85. The first kappa shape index (κ1) is 19.6. The minimum absolute atomic E-state index is 0. The molecule has 0 spiro atoms. The van der Waals surface area contributed by atoms with Crippen molar-refractivity contribution >= 4 is 30.2 Å². The number of nitrogens with zero attached hydrogens (tertiary/aromatic N) is 2. The van der Waals surface area contributed by atoms with Crippen LogP contribution < -0.4 is 10.8 Å². The molecule has 1 heterocycles. The Morgan fingerprint density at radius 2 is 2.00 bits per heavy atom. The van der Waals surface area contributed by atoms with Crippen molar-refractivity contribution in [2.45, 2.75) is 6.61 Å². The monoisotopic (exact) mass is 350 g/mol. The topological polar surface area (TPSA) is 96.4 Å². The van der Waals surface area contributed by atoms with E-state index in [2.05, 4.69) is 15.3 Å². The molecule has 24 heavy (non-hydrogen) atoms.